The van der Waals surface area contributed by atoms with E-state index < -0.39 is 6.60 Å². The fourth-order valence-electron chi connectivity index (χ4n) is 5.34. The summed E-state index contributed by atoms with van der Waals surface area (Å²) in [6.07, 6.45) is 7.02. The molecule has 0 amide bonds. The fourth-order valence-corrected chi connectivity index (χ4v) is 11.7. The van der Waals surface area contributed by atoms with Gasteiger partial charge >= 0.3 is 186 Å². The monoisotopic (exact) mass is 420 g/mol. The standard InChI is InChI=1S/C30H29P/c1-5-13-26(14-6-1)25-27-19-21-30(22-20-27)31(23-11-4-12-24-31,28-15-7-2-8-16-28)29-17-9-3-10-18-29/h1-3,5-11,13-23H,4,12,24-25H2. The van der Waals surface area contributed by atoms with E-state index in [1.54, 1.807) is 0 Å². The molecule has 4 aromatic carbocycles. The van der Waals surface area contributed by atoms with Gasteiger partial charge < -0.3 is 0 Å². The van der Waals surface area contributed by atoms with Crippen LogP contribution < -0.4 is 15.9 Å². The van der Waals surface area contributed by atoms with Crippen LogP contribution in [-0.2, 0) is 6.42 Å². The molecule has 0 aliphatic carbocycles. The van der Waals surface area contributed by atoms with Gasteiger partial charge in [-0.15, -0.1) is 0 Å². The van der Waals surface area contributed by atoms with E-state index in [0.717, 1.165) is 6.42 Å². The first-order valence-electron chi connectivity index (χ1n) is 11.2. The zero-order valence-corrected chi connectivity index (χ0v) is 18.8. The van der Waals surface area contributed by atoms with Crippen LogP contribution in [0.25, 0.3) is 0 Å². The Labute approximate surface area is 186 Å². The zero-order chi connectivity index (χ0) is 21.0. The van der Waals surface area contributed by atoms with E-state index in [4.69, 9.17) is 0 Å². The number of allylic oxidation sites excluding steroid dienone is 1. The van der Waals surface area contributed by atoms with Gasteiger partial charge in [0.2, 0.25) is 0 Å². The van der Waals surface area contributed by atoms with Gasteiger partial charge in [-0.3, -0.25) is 0 Å². The van der Waals surface area contributed by atoms with Crippen molar-refractivity contribution in [3.8, 4) is 0 Å². The molecule has 0 atom stereocenters. The van der Waals surface area contributed by atoms with Gasteiger partial charge in [-0.1, -0.05) is 0 Å². The van der Waals surface area contributed by atoms with Gasteiger partial charge in [0.25, 0.3) is 0 Å². The summed E-state index contributed by atoms with van der Waals surface area (Å²) >= 11 is 0. The van der Waals surface area contributed by atoms with Crippen LogP contribution in [0.5, 0.6) is 0 Å². The zero-order valence-electron chi connectivity index (χ0n) is 17.9. The third-order valence-corrected chi connectivity index (χ3v) is 13.4. The summed E-state index contributed by atoms with van der Waals surface area (Å²) in [7, 11) is 0. The molecule has 154 valence electrons. The van der Waals surface area contributed by atoms with Crippen LogP contribution in [0, 0.1) is 0 Å². The van der Waals surface area contributed by atoms with Crippen molar-refractivity contribution < 1.29 is 0 Å². The normalized spacial score (nSPS) is 18.0. The molecule has 31 heavy (non-hydrogen) atoms. The van der Waals surface area contributed by atoms with Crippen molar-refractivity contribution in [3.05, 3.63) is 138 Å². The average Bonchev–Trinajstić information content (AvgIpc) is 2.87. The van der Waals surface area contributed by atoms with Crippen molar-refractivity contribution in [1.29, 1.82) is 0 Å². The Balaban J connectivity index is 1.70. The molecule has 0 aromatic heterocycles. The van der Waals surface area contributed by atoms with E-state index in [-0.39, 0.29) is 0 Å². The van der Waals surface area contributed by atoms with Gasteiger partial charge in [0.15, 0.2) is 0 Å². The number of hydrogen-bond acceptors (Lipinski definition) is 0. The second kappa shape index (κ2) is 8.29. The van der Waals surface area contributed by atoms with Gasteiger partial charge in [0, 0.05) is 0 Å². The molecule has 0 radical (unpaired) electrons. The summed E-state index contributed by atoms with van der Waals surface area (Å²) in [5.74, 6) is 2.62. The van der Waals surface area contributed by atoms with Crippen molar-refractivity contribution in [3.63, 3.8) is 0 Å². The number of rotatable bonds is 5. The summed E-state index contributed by atoms with van der Waals surface area (Å²) in [5, 5.41) is 4.44. The van der Waals surface area contributed by atoms with Gasteiger partial charge in [-0.2, -0.15) is 0 Å². The molecular formula is C30H29P. The molecule has 0 bridgehead atoms. The summed E-state index contributed by atoms with van der Waals surface area (Å²) < 4.78 is 0. The summed E-state index contributed by atoms with van der Waals surface area (Å²) in [6.45, 7) is -2.67. The van der Waals surface area contributed by atoms with Crippen molar-refractivity contribution in [2.45, 2.75) is 19.3 Å². The van der Waals surface area contributed by atoms with Gasteiger partial charge in [-0.05, 0) is 0 Å². The van der Waals surface area contributed by atoms with Gasteiger partial charge in [0.05, 0.1) is 0 Å². The predicted octanol–water partition coefficient (Wildman–Crippen LogP) is 6.41. The third kappa shape index (κ3) is 3.36. The molecule has 0 N–H and O–H groups in total. The molecule has 1 heteroatoms. The SMILES string of the molecule is C1=CP(c2ccccc2)(c2ccccc2)(c2ccc(Cc3ccccc3)cc2)CCC1. The van der Waals surface area contributed by atoms with E-state index in [1.165, 1.54) is 46.0 Å². The van der Waals surface area contributed by atoms with E-state index in [9.17, 15) is 0 Å². The van der Waals surface area contributed by atoms with Crippen LogP contribution in [0.3, 0.4) is 0 Å². The van der Waals surface area contributed by atoms with Crippen LogP contribution in [-0.4, -0.2) is 6.16 Å². The first-order valence-corrected chi connectivity index (χ1v) is 13.7. The van der Waals surface area contributed by atoms with Crippen molar-refractivity contribution in [2.24, 2.45) is 0 Å². The Hall–Kier alpha value is -2.95. The molecule has 0 saturated heterocycles. The molecule has 0 nitrogen and oxygen atoms in total. The minimum absolute atomic E-state index is 0.976. The van der Waals surface area contributed by atoms with E-state index >= 15 is 0 Å². The molecule has 1 aliphatic rings. The molecule has 0 spiro atoms. The third-order valence-electron chi connectivity index (χ3n) is 6.90. The van der Waals surface area contributed by atoms with Crippen LogP contribution in [0.1, 0.15) is 24.0 Å². The summed E-state index contributed by atoms with van der Waals surface area (Å²) in [4.78, 5) is 0. The topological polar surface area (TPSA) is 0 Å². The Morgan fingerprint density at radius 2 is 1.00 bits per heavy atom. The Kier molecular flexibility index (Phi) is 5.34. The molecule has 5 rings (SSSR count). The molecule has 0 fully saturated rings. The van der Waals surface area contributed by atoms with Crippen molar-refractivity contribution in [2.75, 3.05) is 6.16 Å². The Morgan fingerprint density at radius 3 is 1.52 bits per heavy atom. The first-order chi connectivity index (χ1) is 15.3. The van der Waals surface area contributed by atoms with E-state index in [2.05, 4.69) is 127 Å². The van der Waals surface area contributed by atoms with Crippen molar-refractivity contribution in [1.82, 2.24) is 0 Å². The van der Waals surface area contributed by atoms with Crippen LogP contribution in [0.2, 0.25) is 0 Å². The second-order valence-corrected chi connectivity index (χ2v) is 13.7. The molecule has 0 unspecified atom stereocenters. The molecule has 1 heterocycles. The van der Waals surface area contributed by atoms with Gasteiger partial charge in [0.1, 0.15) is 0 Å². The Bertz CT molecular complexity index is 1120. The molecular weight excluding hydrogens is 391 g/mol. The Morgan fingerprint density at radius 1 is 0.516 bits per heavy atom. The maximum absolute atomic E-state index is 2.67. The molecule has 0 saturated carbocycles. The van der Waals surface area contributed by atoms with Crippen LogP contribution in [0.15, 0.2) is 127 Å². The summed E-state index contributed by atoms with van der Waals surface area (Å²) in [5.41, 5.74) is 2.73. The molecule has 4 aromatic rings. The quantitative estimate of drug-likeness (QED) is 0.327. The van der Waals surface area contributed by atoms with E-state index in [0.29, 0.717) is 0 Å². The predicted molar refractivity (Wildman–Crippen MR) is 138 cm³/mol. The maximum atomic E-state index is 2.62. The van der Waals surface area contributed by atoms with Gasteiger partial charge in [-0.25, -0.2) is 0 Å². The fraction of sp³-hybridized carbons (Fsp3) is 0.133. The number of hydrogen-bond donors (Lipinski definition) is 0. The second-order valence-electron chi connectivity index (χ2n) is 8.63. The van der Waals surface area contributed by atoms with Crippen LogP contribution >= 0.6 is 6.60 Å². The summed E-state index contributed by atoms with van der Waals surface area (Å²) in [6, 6.07) is 42.8. The first kappa shape index (κ1) is 20.0. The molecule has 1 aliphatic heterocycles. The van der Waals surface area contributed by atoms with Crippen LogP contribution in [0.4, 0.5) is 0 Å². The van der Waals surface area contributed by atoms with Crippen molar-refractivity contribution >= 4 is 22.5 Å². The van der Waals surface area contributed by atoms with E-state index in [1.807, 2.05) is 0 Å². The average molecular weight is 421 g/mol. The number of benzene rings is 4. The minimum atomic E-state index is -2.67.